The standard InChI is InChI=1S/C14H19N3O3S/c1-10-17-12(9-21-10)13-4-3-11(20-13)7-16-14(18)8-15-5-6-19-2/h3-4,9,15H,5-8H2,1-2H3,(H,16,18). The average Bonchev–Trinajstić information content (AvgIpc) is 3.10. The average molecular weight is 309 g/mol. The molecule has 2 heterocycles. The Morgan fingerprint density at radius 2 is 2.33 bits per heavy atom. The quantitative estimate of drug-likeness (QED) is 0.724. The van der Waals surface area contributed by atoms with Crippen molar-refractivity contribution in [3.05, 3.63) is 28.3 Å². The summed E-state index contributed by atoms with van der Waals surface area (Å²) in [5.41, 5.74) is 0.830. The summed E-state index contributed by atoms with van der Waals surface area (Å²) in [7, 11) is 1.63. The Balaban J connectivity index is 1.76. The number of aryl methyl sites for hydroxylation is 1. The number of nitrogens with zero attached hydrogens (tertiary/aromatic N) is 1. The Kier molecular flexibility index (Phi) is 5.91. The number of amides is 1. The highest BCUT2D eigenvalue weighted by atomic mass is 32.1. The van der Waals surface area contributed by atoms with E-state index in [4.69, 9.17) is 9.15 Å². The molecule has 0 spiro atoms. The summed E-state index contributed by atoms with van der Waals surface area (Å²) in [5.74, 6) is 1.36. The molecule has 6 nitrogen and oxygen atoms in total. The van der Waals surface area contributed by atoms with Gasteiger partial charge in [-0.25, -0.2) is 4.98 Å². The van der Waals surface area contributed by atoms with Crippen molar-refractivity contribution >= 4 is 17.2 Å². The predicted octanol–water partition coefficient (Wildman–Crippen LogP) is 1.56. The van der Waals surface area contributed by atoms with Gasteiger partial charge in [0.25, 0.3) is 0 Å². The smallest absolute Gasteiger partial charge is 0.234 e. The maximum absolute atomic E-state index is 11.6. The van der Waals surface area contributed by atoms with E-state index in [2.05, 4.69) is 15.6 Å². The van der Waals surface area contributed by atoms with E-state index in [9.17, 15) is 4.79 Å². The van der Waals surface area contributed by atoms with E-state index >= 15 is 0 Å². The fraction of sp³-hybridized carbons (Fsp3) is 0.429. The van der Waals surface area contributed by atoms with Gasteiger partial charge in [0, 0.05) is 19.0 Å². The van der Waals surface area contributed by atoms with Crippen molar-refractivity contribution in [3.8, 4) is 11.5 Å². The van der Waals surface area contributed by atoms with Crippen LogP contribution in [0.5, 0.6) is 0 Å². The van der Waals surface area contributed by atoms with Crippen LogP contribution in [-0.4, -0.2) is 37.7 Å². The van der Waals surface area contributed by atoms with E-state index in [0.29, 0.717) is 25.5 Å². The number of ether oxygens (including phenoxy) is 1. The van der Waals surface area contributed by atoms with Crippen molar-refractivity contribution in [1.82, 2.24) is 15.6 Å². The Morgan fingerprint density at radius 1 is 1.48 bits per heavy atom. The van der Waals surface area contributed by atoms with Crippen LogP contribution in [0.2, 0.25) is 0 Å². The molecule has 0 radical (unpaired) electrons. The molecule has 2 N–H and O–H groups in total. The first-order valence-corrected chi connectivity index (χ1v) is 7.54. The number of hydrogen-bond acceptors (Lipinski definition) is 6. The summed E-state index contributed by atoms with van der Waals surface area (Å²) in [6, 6.07) is 3.72. The fourth-order valence-electron chi connectivity index (χ4n) is 1.71. The summed E-state index contributed by atoms with van der Waals surface area (Å²) in [4.78, 5) is 16.0. The molecule has 114 valence electrons. The first-order chi connectivity index (χ1) is 10.2. The molecule has 0 atom stereocenters. The predicted molar refractivity (Wildman–Crippen MR) is 81.1 cm³/mol. The highest BCUT2D eigenvalue weighted by Gasteiger charge is 2.08. The Bertz CT molecular complexity index is 580. The number of thiazole rings is 1. The molecule has 0 fully saturated rings. The van der Waals surface area contributed by atoms with Crippen LogP contribution >= 0.6 is 11.3 Å². The topological polar surface area (TPSA) is 76.4 Å². The van der Waals surface area contributed by atoms with Crippen LogP contribution in [0, 0.1) is 6.92 Å². The first-order valence-electron chi connectivity index (χ1n) is 6.66. The van der Waals surface area contributed by atoms with Crippen molar-refractivity contribution in [2.75, 3.05) is 26.8 Å². The second-order valence-electron chi connectivity index (χ2n) is 4.46. The van der Waals surface area contributed by atoms with Gasteiger partial charge in [0.1, 0.15) is 11.5 Å². The minimum atomic E-state index is -0.0754. The molecule has 2 rings (SSSR count). The molecule has 2 aromatic rings. The van der Waals surface area contributed by atoms with Gasteiger partial charge in [0.15, 0.2) is 5.76 Å². The monoisotopic (exact) mass is 309 g/mol. The zero-order valence-corrected chi connectivity index (χ0v) is 13.0. The minimum Gasteiger partial charge on any atom is -0.458 e. The van der Waals surface area contributed by atoms with Crippen LogP contribution in [0.4, 0.5) is 0 Å². The highest BCUT2D eigenvalue weighted by molar-refractivity contribution is 7.09. The molecule has 0 saturated carbocycles. The van der Waals surface area contributed by atoms with Gasteiger partial charge >= 0.3 is 0 Å². The van der Waals surface area contributed by atoms with E-state index in [0.717, 1.165) is 16.5 Å². The van der Waals surface area contributed by atoms with Crippen molar-refractivity contribution in [3.63, 3.8) is 0 Å². The van der Waals surface area contributed by atoms with E-state index in [1.54, 1.807) is 18.4 Å². The van der Waals surface area contributed by atoms with Crippen molar-refractivity contribution < 1.29 is 13.9 Å². The highest BCUT2D eigenvalue weighted by Crippen LogP contribution is 2.23. The molecule has 0 bridgehead atoms. The zero-order chi connectivity index (χ0) is 15.1. The van der Waals surface area contributed by atoms with Crippen LogP contribution in [-0.2, 0) is 16.1 Å². The third-order valence-corrected chi connectivity index (χ3v) is 3.53. The van der Waals surface area contributed by atoms with Gasteiger partial charge < -0.3 is 19.8 Å². The lowest BCUT2D eigenvalue weighted by Gasteiger charge is -2.04. The maximum Gasteiger partial charge on any atom is 0.234 e. The Labute approximate surface area is 127 Å². The Morgan fingerprint density at radius 3 is 3.05 bits per heavy atom. The number of rotatable bonds is 8. The SMILES string of the molecule is COCCNCC(=O)NCc1ccc(-c2csc(C)n2)o1. The number of aromatic nitrogens is 1. The Hall–Kier alpha value is -1.70. The summed E-state index contributed by atoms with van der Waals surface area (Å²) in [6.07, 6.45) is 0. The molecule has 7 heteroatoms. The maximum atomic E-state index is 11.6. The largest absolute Gasteiger partial charge is 0.458 e. The third kappa shape index (κ3) is 4.96. The number of furan rings is 1. The van der Waals surface area contributed by atoms with Gasteiger partial charge in [0.2, 0.25) is 5.91 Å². The number of hydrogen-bond donors (Lipinski definition) is 2. The lowest BCUT2D eigenvalue weighted by Crippen LogP contribution is -2.34. The van der Waals surface area contributed by atoms with E-state index in [-0.39, 0.29) is 12.5 Å². The van der Waals surface area contributed by atoms with Gasteiger partial charge in [-0.15, -0.1) is 11.3 Å². The zero-order valence-electron chi connectivity index (χ0n) is 12.1. The molecule has 1 amide bonds. The summed E-state index contributed by atoms with van der Waals surface area (Å²) in [6.45, 7) is 3.82. The summed E-state index contributed by atoms with van der Waals surface area (Å²) in [5, 5.41) is 8.73. The molecule has 2 aromatic heterocycles. The first kappa shape index (κ1) is 15.7. The number of methoxy groups -OCH3 is 1. The molecule has 0 aliphatic heterocycles. The van der Waals surface area contributed by atoms with Gasteiger partial charge in [-0.3, -0.25) is 4.79 Å². The van der Waals surface area contributed by atoms with Gasteiger partial charge in [-0.1, -0.05) is 0 Å². The normalized spacial score (nSPS) is 10.8. The number of nitrogens with one attached hydrogen (secondary N) is 2. The third-order valence-electron chi connectivity index (χ3n) is 2.76. The lowest BCUT2D eigenvalue weighted by molar-refractivity contribution is -0.120. The van der Waals surface area contributed by atoms with E-state index < -0.39 is 0 Å². The lowest BCUT2D eigenvalue weighted by atomic mass is 10.3. The number of carbonyl (C=O) groups is 1. The molecular weight excluding hydrogens is 290 g/mol. The van der Waals surface area contributed by atoms with Gasteiger partial charge in [-0.05, 0) is 19.1 Å². The van der Waals surface area contributed by atoms with Gasteiger partial charge in [-0.2, -0.15) is 0 Å². The summed E-state index contributed by atoms with van der Waals surface area (Å²) >= 11 is 1.58. The van der Waals surface area contributed by atoms with Crippen molar-refractivity contribution in [2.45, 2.75) is 13.5 Å². The number of carbonyl (C=O) groups excluding carboxylic acids is 1. The second-order valence-corrected chi connectivity index (χ2v) is 5.53. The van der Waals surface area contributed by atoms with Gasteiger partial charge in [0.05, 0.1) is 24.7 Å². The molecule has 21 heavy (non-hydrogen) atoms. The molecule has 0 unspecified atom stereocenters. The van der Waals surface area contributed by atoms with Crippen LogP contribution in [0.15, 0.2) is 21.9 Å². The molecule has 0 aliphatic rings. The van der Waals surface area contributed by atoms with Crippen LogP contribution < -0.4 is 10.6 Å². The van der Waals surface area contributed by atoms with E-state index in [1.165, 1.54) is 0 Å². The second kappa shape index (κ2) is 7.92. The van der Waals surface area contributed by atoms with Crippen LogP contribution in [0.3, 0.4) is 0 Å². The van der Waals surface area contributed by atoms with Crippen molar-refractivity contribution in [1.29, 1.82) is 0 Å². The van der Waals surface area contributed by atoms with E-state index in [1.807, 2.05) is 24.4 Å². The fourth-order valence-corrected chi connectivity index (χ4v) is 2.31. The van der Waals surface area contributed by atoms with Crippen LogP contribution in [0.25, 0.3) is 11.5 Å². The molecule has 0 saturated heterocycles. The van der Waals surface area contributed by atoms with Crippen LogP contribution in [0.1, 0.15) is 10.8 Å². The molecule has 0 aliphatic carbocycles. The summed E-state index contributed by atoms with van der Waals surface area (Å²) < 4.78 is 10.6. The minimum absolute atomic E-state index is 0.0754. The molecular formula is C14H19N3O3S. The van der Waals surface area contributed by atoms with Crippen molar-refractivity contribution in [2.24, 2.45) is 0 Å². The molecule has 0 aromatic carbocycles.